The van der Waals surface area contributed by atoms with Crippen LogP contribution in [0.25, 0.3) is 0 Å². The first-order chi connectivity index (χ1) is 13.4. The summed E-state index contributed by atoms with van der Waals surface area (Å²) in [4.78, 5) is 24.2. The summed E-state index contributed by atoms with van der Waals surface area (Å²) in [5.41, 5.74) is 2.17. The third-order valence-electron chi connectivity index (χ3n) is 3.48. The number of benzene rings is 2. The Bertz CT molecular complexity index is 1020. The van der Waals surface area contributed by atoms with E-state index < -0.39 is 6.03 Å². The van der Waals surface area contributed by atoms with E-state index in [-0.39, 0.29) is 17.5 Å². The molecule has 1 heterocycles. The maximum atomic E-state index is 12.1. The van der Waals surface area contributed by atoms with Crippen molar-refractivity contribution in [3.8, 4) is 0 Å². The minimum atomic E-state index is -0.531. The van der Waals surface area contributed by atoms with Crippen molar-refractivity contribution in [1.82, 2.24) is 10.2 Å². The van der Waals surface area contributed by atoms with Gasteiger partial charge in [0.05, 0.1) is 17.1 Å². The molecular weight excluding hydrogens is 421 g/mol. The van der Waals surface area contributed by atoms with Gasteiger partial charge in [0.25, 0.3) is 0 Å². The lowest BCUT2D eigenvalue weighted by molar-refractivity contribution is -0.115. The number of halogens is 2. The van der Waals surface area contributed by atoms with E-state index in [1.807, 2.05) is 31.2 Å². The summed E-state index contributed by atoms with van der Waals surface area (Å²) in [5.74, 6) is -0.217. The Balaban J connectivity index is 1.54. The fourth-order valence-electron chi connectivity index (χ4n) is 2.28. The van der Waals surface area contributed by atoms with Gasteiger partial charge < -0.3 is 10.6 Å². The van der Waals surface area contributed by atoms with Gasteiger partial charge in [0, 0.05) is 10.7 Å². The van der Waals surface area contributed by atoms with Gasteiger partial charge in [-0.2, -0.15) is 0 Å². The van der Waals surface area contributed by atoms with Crippen molar-refractivity contribution in [2.45, 2.75) is 13.3 Å². The van der Waals surface area contributed by atoms with Crippen LogP contribution >= 0.6 is 34.5 Å². The molecule has 0 bridgehead atoms. The molecule has 10 heteroatoms. The van der Waals surface area contributed by atoms with Gasteiger partial charge in [-0.15, -0.1) is 10.2 Å². The Morgan fingerprint density at radius 1 is 1.04 bits per heavy atom. The predicted octanol–water partition coefficient (Wildman–Crippen LogP) is 4.98. The molecule has 0 atom stereocenters. The van der Waals surface area contributed by atoms with Crippen LogP contribution < -0.4 is 16.0 Å². The summed E-state index contributed by atoms with van der Waals surface area (Å²) in [6.45, 7) is 1.95. The van der Waals surface area contributed by atoms with Gasteiger partial charge in [-0.1, -0.05) is 46.7 Å². The molecule has 0 spiro atoms. The van der Waals surface area contributed by atoms with Crippen LogP contribution in [0.1, 0.15) is 10.6 Å². The van der Waals surface area contributed by atoms with Gasteiger partial charge in [-0.3, -0.25) is 10.1 Å². The van der Waals surface area contributed by atoms with E-state index in [0.717, 1.165) is 16.9 Å². The highest BCUT2D eigenvalue weighted by atomic mass is 35.5. The average molecular weight is 436 g/mol. The second kappa shape index (κ2) is 9.01. The van der Waals surface area contributed by atoms with Crippen molar-refractivity contribution in [1.29, 1.82) is 0 Å². The third kappa shape index (κ3) is 5.66. The molecule has 28 heavy (non-hydrogen) atoms. The zero-order chi connectivity index (χ0) is 20.1. The van der Waals surface area contributed by atoms with E-state index in [0.29, 0.717) is 26.4 Å². The van der Waals surface area contributed by atoms with Crippen molar-refractivity contribution in [2.75, 3.05) is 16.0 Å². The van der Waals surface area contributed by atoms with Crippen LogP contribution in [0.3, 0.4) is 0 Å². The molecule has 0 aliphatic rings. The average Bonchev–Trinajstić information content (AvgIpc) is 3.04. The Hall–Kier alpha value is -2.68. The molecule has 0 unspecified atom stereocenters. The van der Waals surface area contributed by atoms with Gasteiger partial charge in [0.1, 0.15) is 5.01 Å². The van der Waals surface area contributed by atoms with E-state index in [4.69, 9.17) is 23.2 Å². The van der Waals surface area contributed by atoms with Gasteiger partial charge >= 0.3 is 6.03 Å². The Labute approximate surface area is 175 Å². The van der Waals surface area contributed by atoms with E-state index in [1.54, 1.807) is 12.1 Å². The van der Waals surface area contributed by atoms with Crippen molar-refractivity contribution >= 4 is 63.0 Å². The molecule has 0 aliphatic carbocycles. The summed E-state index contributed by atoms with van der Waals surface area (Å²) in [6, 6.07) is 11.7. The summed E-state index contributed by atoms with van der Waals surface area (Å²) in [5, 5.41) is 17.3. The van der Waals surface area contributed by atoms with Crippen molar-refractivity contribution in [2.24, 2.45) is 0 Å². The molecule has 0 saturated carbocycles. The smallest absolute Gasteiger partial charge is 0.325 e. The molecule has 3 N–H and O–H groups in total. The highest BCUT2D eigenvalue weighted by Gasteiger charge is 2.13. The third-order valence-corrected chi connectivity index (χ3v) is 4.87. The maximum Gasteiger partial charge on any atom is 0.325 e. The van der Waals surface area contributed by atoms with Gasteiger partial charge in [-0.05, 0) is 42.8 Å². The molecular formula is C18H15Cl2N5O2S. The SMILES string of the molecule is Cc1cccc(NC(=O)Cc2nnc(NC(=O)Nc3ccc(Cl)cc3Cl)s2)c1. The number of hydrogen-bond acceptors (Lipinski definition) is 5. The lowest BCUT2D eigenvalue weighted by Gasteiger charge is -2.07. The van der Waals surface area contributed by atoms with Crippen LogP contribution in [0.2, 0.25) is 10.0 Å². The van der Waals surface area contributed by atoms with Crippen LogP contribution in [-0.4, -0.2) is 22.1 Å². The Morgan fingerprint density at radius 2 is 1.86 bits per heavy atom. The number of amides is 3. The van der Waals surface area contributed by atoms with Crippen LogP contribution in [0.4, 0.5) is 21.3 Å². The summed E-state index contributed by atoms with van der Waals surface area (Å²) in [7, 11) is 0. The number of aromatic nitrogens is 2. The Morgan fingerprint density at radius 3 is 2.61 bits per heavy atom. The summed E-state index contributed by atoms with van der Waals surface area (Å²) in [6.07, 6.45) is 0.0535. The van der Waals surface area contributed by atoms with Crippen LogP contribution in [0, 0.1) is 6.92 Å². The number of rotatable bonds is 5. The van der Waals surface area contributed by atoms with Gasteiger partial charge in [0.2, 0.25) is 11.0 Å². The number of carbonyl (C=O) groups is 2. The highest BCUT2D eigenvalue weighted by Crippen LogP contribution is 2.25. The van der Waals surface area contributed by atoms with Gasteiger partial charge in [0.15, 0.2) is 0 Å². The standard InChI is InChI=1S/C18H15Cl2N5O2S/c1-10-3-2-4-12(7-10)21-15(26)9-16-24-25-18(28-16)23-17(27)22-14-6-5-11(19)8-13(14)20/h2-8H,9H2,1H3,(H,21,26)(H2,22,23,25,27). The fourth-order valence-corrected chi connectivity index (χ4v) is 3.47. The van der Waals surface area contributed by atoms with Crippen molar-refractivity contribution in [3.05, 3.63) is 63.1 Å². The quantitative estimate of drug-likeness (QED) is 0.526. The normalized spacial score (nSPS) is 10.4. The van der Waals surface area contributed by atoms with Crippen LogP contribution in [-0.2, 0) is 11.2 Å². The molecule has 7 nitrogen and oxygen atoms in total. The number of anilines is 3. The molecule has 3 amide bonds. The highest BCUT2D eigenvalue weighted by molar-refractivity contribution is 7.15. The number of nitrogens with one attached hydrogen (secondary N) is 3. The summed E-state index contributed by atoms with van der Waals surface area (Å²) >= 11 is 13.0. The minimum Gasteiger partial charge on any atom is -0.326 e. The van der Waals surface area contributed by atoms with E-state index in [2.05, 4.69) is 26.1 Å². The molecule has 3 aromatic rings. The maximum absolute atomic E-state index is 12.1. The van der Waals surface area contributed by atoms with E-state index in [9.17, 15) is 9.59 Å². The lowest BCUT2D eigenvalue weighted by atomic mass is 10.2. The largest absolute Gasteiger partial charge is 0.326 e. The van der Waals surface area contributed by atoms with Crippen molar-refractivity contribution in [3.63, 3.8) is 0 Å². The molecule has 2 aromatic carbocycles. The first-order valence-corrected chi connectivity index (χ1v) is 9.68. The first kappa shape index (κ1) is 20.1. The van der Waals surface area contributed by atoms with E-state index >= 15 is 0 Å². The second-order valence-corrected chi connectivity index (χ2v) is 7.70. The lowest BCUT2D eigenvalue weighted by Crippen LogP contribution is -2.19. The number of urea groups is 1. The van der Waals surface area contributed by atoms with Crippen molar-refractivity contribution < 1.29 is 9.59 Å². The molecule has 1 aromatic heterocycles. The molecule has 144 valence electrons. The second-order valence-electron chi connectivity index (χ2n) is 5.80. The number of aryl methyl sites for hydroxylation is 1. The number of hydrogen-bond donors (Lipinski definition) is 3. The van der Waals surface area contributed by atoms with Crippen LogP contribution in [0.15, 0.2) is 42.5 Å². The molecule has 0 radical (unpaired) electrons. The molecule has 0 fully saturated rings. The van der Waals surface area contributed by atoms with Crippen LogP contribution in [0.5, 0.6) is 0 Å². The number of carbonyl (C=O) groups excluding carboxylic acids is 2. The monoisotopic (exact) mass is 435 g/mol. The summed E-state index contributed by atoms with van der Waals surface area (Å²) < 4.78 is 0. The minimum absolute atomic E-state index is 0.0535. The molecule has 0 aliphatic heterocycles. The molecule has 3 rings (SSSR count). The zero-order valence-corrected chi connectivity index (χ0v) is 17.0. The number of nitrogens with zero attached hydrogens (tertiary/aromatic N) is 2. The van der Waals surface area contributed by atoms with Gasteiger partial charge in [-0.25, -0.2) is 4.79 Å². The fraction of sp³-hybridized carbons (Fsp3) is 0.111. The Kier molecular flexibility index (Phi) is 6.45. The molecule has 0 saturated heterocycles. The topological polar surface area (TPSA) is 96.0 Å². The first-order valence-electron chi connectivity index (χ1n) is 8.11. The zero-order valence-electron chi connectivity index (χ0n) is 14.6. The van der Waals surface area contributed by atoms with E-state index in [1.165, 1.54) is 6.07 Å². The predicted molar refractivity (Wildman–Crippen MR) is 113 cm³/mol.